The van der Waals surface area contributed by atoms with Gasteiger partial charge in [0.2, 0.25) is 0 Å². The van der Waals surface area contributed by atoms with Crippen LogP contribution in [0.5, 0.6) is 0 Å². The van der Waals surface area contributed by atoms with Crippen LogP contribution in [0.4, 0.5) is 5.82 Å². The third-order valence-electron chi connectivity index (χ3n) is 3.35. The zero-order valence-corrected chi connectivity index (χ0v) is 10.6. The number of hydrogen-bond donors (Lipinski definition) is 2. The maximum atomic E-state index is 8.56. The Balaban J connectivity index is 2.09. The molecule has 0 bridgehead atoms. The van der Waals surface area contributed by atoms with E-state index in [0.717, 1.165) is 24.8 Å². The van der Waals surface area contributed by atoms with E-state index in [1.807, 2.05) is 0 Å². The minimum absolute atomic E-state index is 0.0152. The summed E-state index contributed by atoms with van der Waals surface area (Å²) < 4.78 is 0. The second-order valence-electron chi connectivity index (χ2n) is 4.77. The first-order chi connectivity index (χ1) is 8.70. The molecule has 0 saturated carbocycles. The third kappa shape index (κ3) is 2.88. The zero-order chi connectivity index (χ0) is 13.0. The molecule has 2 rings (SSSR count). The summed E-state index contributed by atoms with van der Waals surface area (Å²) in [5.74, 6) is 1.62. The number of aromatic nitrogens is 2. The lowest BCUT2D eigenvalue weighted by molar-refractivity contribution is 0.318. The molecule has 1 aliphatic heterocycles. The SMILES string of the molecule is CC1CCCN(c2cnc(C(N)=NO)cn2)CC1. The van der Waals surface area contributed by atoms with Crippen molar-refractivity contribution < 1.29 is 5.21 Å². The van der Waals surface area contributed by atoms with Crippen molar-refractivity contribution in [1.82, 2.24) is 9.97 Å². The predicted octanol–water partition coefficient (Wildman–Crippen LogP) is 1.20. The van der Waals surface area contributed by atoms with Crippen molar-refractivity contribution in [3.05, 3.63) is 18.1 Å². The lowest BCUT2D eigenvalue weighted by atomic mass is 10.0. The molecule has 1 fully saturated rings. The largest absolute Gasteiger partial charge is 0.409 e. The Labute approximate surface area is 107 Å². The van der Waals surface area contributed by atoms with Crippen LogP contribution in [0.15, 0.2) is 17.5 Å². The van der Waals surface area contributed by atoms with Gasteiger partial charge in [-0.3, -0.25) is 0 Å². The molecule has 0 aliphatic carbocycles. The molecule has 1 aromatic heterocycles. The molecule has 1 saturated heterocycles. The molecule has 98 valence electrons. The minimum Gasteiger partial charge on any atom is -0.409 e. The smallest absolute Gasteiger partial charge is 0.190 e. The van der Waals surface area contributed by atoms with Crippen molar-refractivity contribution in [3.8, 4) is 0 Å². The fourth-order valence-corrected chi connectivity index (χ4v) is 2.16. The van der Waals surface area contributed by atoms with Crippen molar-refractivity contribution in [2.24, 2.45) is 16.8 Å². The molecule has 0 amide bonds. The van der Waals surface area contributed by atoms with E-state index >= 15 is 0 Å². The van der Waals surface area contributed by atoms with Gasteiger partial charge in [-0.05, 0) is 25.2 Å². The number of nitrogens with two attached hydrogens (primary N) is 1. The number of amidine groups is 1. The molecule has 1 unspecified atom stereocenters. The summed E-state index contributed by atoms with van der Waals surface area (Å²) in [5, 5.41) is 11.5. The van der Waals surface area contributed by atoms with Crippen LogP contribution in [-0.2, 0) is 0 Å². The Morgan fingerprint density at radius 1 is 1.39 bits per heavy atom. The van der Waals surface area contributed by atoms with Gasteiger partial charge in [-0.25, -0.2) is 9.97 Å². The van der Waals surface area contributed by atoms with E-state index in [4.69, 9.17) is 10.9 Å². The highest BCUT2D eigenvalue weighted by molar-refractivity contribution is 5.94. The topological polar surface area (TPSA) is 87.6 Å². The minimum atomic E-state index is -0.0152. The van der Waals surface area contributed by atoms with Crippen molar-refractivity contribution in [3.63, 3.8) is 0 Å². The van der Waals surface area contributed by atoms with E-state index in [-0.39, 0.29) is 5.84 Å². The maximum Gasteiger partial charge on any atom is 0.190 e. The summed E-state index contributed by atoms with van der Waals surface area (Å²) in [6, 6.07) is 0. The first-order valence-corrected chi connectivity index (χ1v) is 6.25. The Morgan fingerprint density at radius 3 is 2.89 bits per heavy atom. The highest BCUT2D eigenvalue weighted by Gasteiger charge is 2.15. The van der Waals surface area contributed by atoms with Crippen LogP contribution < -0.4 is 10.6 Å². The van der Waals surface area contributed by atoms with Gasteiger partial charge in [0, 0.05) is 13.1 Å². The van der Waals surface area contributed by atoms with Gasteiger partial charge < -0.3 is 15.8 Å². The zero-order valence-electron chi connectivity index (χ0n) is 10.6. The van der Waals surface area contributed by atoms with Gasteiger partial charge >= 0.3 is 0 Å². The van der Waals surface area contributed by atoms with Crippen LogP contribution in [0.1, 0.15) is 31.9 Å². The molecule has 1 aromatic rings. The van der Waals surface area contributed by atoms with E-state index in [9.17, 15) is 0 Å². The molecule has 0 spiro atoms. The fraction of sp³-hybridized carbons (Fsp3) is 0.583. The van der Waals surface area contributed by atoms with Gasteiger partial charge in [0.15, 0.2) is 5.84 Å². The molecule has 2 heterocycles. The molecule has 0 radical (unpaired) electrons. The van der Waals surface area contributed by atoms with Crippen molar-refractivity contribution in [2.45, 2.75) is 26.2 Å². The third-order valence-corrected chi connectivity index (χ3v) is 3.35. The summed E-state index contributed by atoms with van der Waals surface area (Å²) in [6.45, 7) is 4.32. The molecule has 6 nitrogen and oxygen atoms in total. The van der Waals surface area contributed by atoms with Crippen LogP contribution in [0.25, 0.3) is 0 Å². The number of anilines is 1. The molecule has 18 heavy (non-hydrogen) atoms. The fourth-order valence-electron chi connectivity index (χ4n) is 2.16. The number of hydrogen-bond acceptors (Lipinski definition) is 5. The van der Waals surface area contributed by atoms with Gasteiger partial charge in [0.25, 0.3) is 0 Å². The Kier molecular flexibility index (Phi) is 3.96. The Hall–Kier alpha value is -1.85. The summed E-state index contributed by atoms with van der Waals surface area (Å²) >= 11 is 0. The molecular formula is C12H19N5O. The van der Waals surface area contributed by atoms with Crippen molar-refractivity contribution in [1.29, 1.82) is 0 Å². The summed E-state index contributed by atoms with van der Waals surface area (Å²) in [7, 11) is 0. The van der Waals surface area contributed by atoms with E-state index in [0.29, 0.717) is 5.69 Å². The molecular weight excluding hydrogens is 230 g/mol. The van der Waals surface area contributed by atoms with Gasteiger partial charge in [-0.1, -0.05) is 12.1 Å². The van der Waals surface area contributed by atoms with Crippen LogP contribution in [-0.4, -0.2) is 34.1 Å². The number of nitrogens with zero attached hydrogens (tertiary/aromatic N) is 4. The lowest BCUT2D eigenvalue weighted by Crippen LogP contribution is -2.26. The van der Waals surface area contributed by atoms with Gasteiger partial charge in [0.1, 0.15) is 11.5 Å². The lowest BCUT2D eigenvalue weighted by Gasteiger charge is -2.21. The first kappa shape index (κ1) is 12.6. The predicted molar refractivity (Wildman–Crippen MR) is 69.8 cm³/mol. The van der Waals surface area contributed by atoms with E-state index < -0.39 is 0 Å². The van der Waals surface area contributed by atoms with Crippen LogP contribution in [0, 0.1) is 5.92 Å². The average Bonchev–Trinajstić information content (AvgIpc) is 2.63. The highest BCUT2D eigenvalue weighted by Crippen LogP contribution is 2.20. The number of rotatable bonds is 2. The second-order valence-corrected chi connectivity index (χ2v) is 4.77. The Bertz CT molecular complexity index is 417. The normalized spacial score (nSPS) is 21.7. The summed E-state index contributed by atoms with van der Waals surface area (Å²) in [5.41, 5.74) is 5.84. The molecule has 1 aliphatic rings. The van der Waals surface area contributed by atoms with Gasteiger partial charge in [-0.15, -0.1) is 0 Å². The van der Waals surface area contributed by atoms with Crippen LogP contribution in [0.2, 0.25) is 0 Å². The molecule has 3 N–H and O–H groups in total. The molecule has 6 heteroatoms. The highest BCUT2D eigenvalue weighted by atomic mass is 16.4. The van der Waals surface area contributed by atoms with E-state index in [1.165, 1.54) is 19.3 Å². The Morgan fingerprint density at radius 2 is 2.22 bits per heavy atom. The second kappa shape index (κ2) is 5.66. The van der Waals surface area contributed by atoms with E-state index in [1.54, 1.807) is 12.4 Å². The van der Waals surface area contributed by atoms with Crippen molar-refractivity contribution >= 4 is 11.7 Å². The van der Waals surface area contributed by atoms with Crippen molar-refractivity contribution in [2.75, 3.05) is 18.0 Å². The van der Waals surface area contributed by atoms with E-state index in [2.05, 4.69) is 26.9 Å². The van der Waals surface area contributed by atoms with Gasteiger partial charge in [0.05, 0.1) is 12.4 Å². The standard InChI is InChI=1S/C12H19N5O/c1-9-3-2-5-17(6-4-9)11-8-14-10(7-15-11)12(13)16-18/h7-9,18H,2-6H2,1H3,(H2,13,16). The monoisotopic (exact) mass is 249 g/mol. The maximum absolute atomic E-state index is 8.56. The van der Waals surface area contributed by atoms with Crippen LogP contribution in [0.3, 0.4) is 0 Å². The number of oxime groups is 1. The first-order valence-electron chi connectivity index (χ1n) is 6.25. The molecule has 1 atom stereocenters. The summed E-state index contributed by atoms with van der Waals surface area (Å²) in [4.78, 5) is 10.7. The average molecular weight is 249 g/mol. The quantitative estimate of drug-likeness (QED) is 0.356. The van der Waals surface area contributed by atoms with Gasteiger partial charge in [-0.2, -0.15) is 0 Å². The molecule has 0 aromatic carbocycles. The van der Waals surface area contributed by atoms with Crippen LogP contribution >= 0.6 is 0 Å². The summed E-state index contributed by atoms with van der Waals surface area (Å²) in [6.07, 6.45) is 6.86.